The Balaban J connectivity index is 1.57. The first-order valence-corrected chi connectivity index (χ1v) is 8.72. The second kappa shape index (κ2) is 6.98. The Bertz CT molecular complexity index is 698. The summed E-state index contributed by atoms with van der Waals surface area (Å²) in [5.74, 6) is -0.319. The van der Waals surface area contributed by atoms with Gasteiger partial charge in [-0.2, -0.15) is 0 Å². The van der Waals surface area contributed by atoms with E-state index in [1.807, 2.05) is 29.2 Å². The molecule has 0 saturated carbocycles. The molecule has 2 aliphatic heterocycles. The van der Waals surface area contributed by atoms with Gasteiger partial charge in [-0.3, -0.25) is 10.1 Å². The van der Waals surface area contributed by atoms with Gasteiger partial charge in [0.1, 0.15) is 0 Å². The van der Waals surface area contributed by atoms with Gasteiger partial charge < -0.3 is 15.1 Å². The van der Waals surface area contributed by atoms with Crippen LogP contribution in [0.15, 0.2) is 29.3 Å². The molecule has 3 rings (SSSR count). The molecule has 2 aliphatic rings. The Morgan fingerprint density at radius 1 is 1.38 bits per heavy atom. The summed E-state index contributed by atoms with van der Waals surface area (Å²) in [6.07, 6.45) is 0.293. The van der Waals surface area contributed by atoms with Crippen molar-refractivity contribution in [2.75, 3.05) is 25.5 Å². The van der Waals surface area contributed by atoms with Crippen molar-refractivity contribution in [3.8, 4) is 0 Å². The zero-order chi connectivity index (χ0) is 17.3. The van der Waals surface area contributed by atoms with Crippen LogP contribution >= 0.6 is 27.5 Å². The molecule has 1 aromatic rings. The summed E-state index contributed by atoms with van der Waals surface area (Å²) < 4.78 is 0.590. The molecule has 3 amide bonds. The number of amides is 3. The molecule has 0 radical (unpaired) electrons. The number of anilines is 1. The number of carbonyl (C=O) groups excluding carboxylic acids is 2. The molecule has 0 aliphatic carbocycles. The maximum Gasteiger partial charge on any atom is 0.325 e. The molecule has 0 bridgehead atoms. The summed E-state index contributed by atoms with van der Waals surface area (Å²) in [7, 11) is 1.63. The van der Waals surface area contributed by atoms with Gasteiger partial charge in [0.2, 0.25) is 0 Å². The van der Waals surface area contributed by atoms with E-state index >= 15 is 0 Å². The molecule has 2 atom stereocenters. The topological polar surface area (TPSA) is 77.0 Å². The molecule has 1 saturated heterocycles. The molecule has 24 heavy (non-hydrogen) atoms. The molecule has 0 spiro atoms. The Morgan fingerprint density at radius 3 is 2.88 bits per heavy atom. The minimum Gasteiger partial charge on any atom is -0.384 e. The Hall–Kier alpha value is -1.80. The maximum absolute atomic E-state index is 12.2. The van der Waals surface area contributed by atoms with Crippen LogP contribution in [-0.2, 0) is 4.79 Å². The minimum absolute atomic E-state index is 0.319. The van der Waals surface area contributed by atoms with Gasteiger partial charge in [-0.1, -0.05) is 23.7 Å². The molecule has 9 heteroatoms. The Labute approximate surface area is 153 Å². The van der Waals surface area contributed by atoms with Gasteiger partial charge in [0, 0.05) is 20.1 Å². The summed E-state index contributed by atoms with van der Waals surface area (Å²) in [5.41, 5.74) is 0.881. The van der Waals surface area contributed by atoms with E-state index < -0.39 is 18.2 Å². The molecule has 128 valence electrons. The first-order chi connectivity index (χ1) is 11.5. The molecular formula is C15H17BrClN5O2. The molecule has 0 aromatic heterocycles. The predicted molar refractivity (Wildman–Crippen MR) is 96.5 cm³/mol. The number of nitrogens with one attached hydrogen (secondary N) is 2. The number of amidine groups is 1. The number of benzene rings is 1. The highest BCUT2D eigenvalue weighted by Gasteiger charge is 2.47. The van der Waals surface area contributed by atoms with Crippen molar-refractivity contribution in [3.63, 3.8) is 0 Å². The van der Waals surface area contributed by atoms with Crippen LogP contribution in [0.25, 0.3) is 0 Å². The summed E-state index contributed by atoms with van der Waals surface area (Å²) in [4.78, 5) is 31.5. The van der Waals surface area contributed by atoms with Crippen LogP contribution in [0.3, 0.4) is 0 Å². The van der Waals surface area contributed by atoms with Gasteiger partial charge in [0.25, 0.3) is 5.91 Å². The van der Waals surface area contributed by atoms with E-state index in [1.165, 1.54) is 4.90 Å². The number of aliphatic imine (C=N–C) groups is 1. The number of urea groups is 1. The second-order valence-corrected chi connectivity index (χ2v) is 6.73. The SMILES string of the molecule is CN1C(=O)NC(=O)C2C1N=C(Br)N2CCCNc1ccccc1Cl. The quantitative estimate of drug-likeness (QED) is 0.571. The third kappa shape index (κ3) is 3.21. The van der Waals surface area contributed by atoms with E-state index in [0.717, 1.165) is 12.1 Å². The second-order valence-electron chi connectivity index (χ2n) is 5.62. The lowest BCUT2D eigenvalue weighted by atomic mass is 10.1. The molecule has 2 heterocycles. The molecule has 2 N–H and O–H groups in total. The van der Waals surface area contributed by atoms with Crippen LogP contribution in [0.2, 0.25) is 5.02 Å². The van der Waals surface area contributed by atoms with Gasteiger partial charge >= 0.3 is 6.03 Å². The minimum atomic E-state index is -0.498. The number of rotatable bonds is 5. The van der Waals surface area contributed by atoms with E-state index in [9.17, 15) is 9.59 Å². The molecular weight excluding hydrogens is 398 g/mol. The zero-order valence-electron chi connectivity index (χ0n) is 13.0. The van der Waals surface area contributed by atoms with E-state index in [-0.39, 0.29) is 5.91 Å². The Morgan fingerprint density at radius 2 is 2.12 bits per heavy atom. The summed E-state index contributed by atoms with van der Waals surface area (Å²) in [6.45, 7) is 1.33. The van der Waals surface area contributed by atoms with E-state index in [0.29, 0.717) is 22.9 Å². The first-order valence-electron chi connectivity index (χ1n) is 7.55. The highest BCUT2D eigenvalue weighted by molar-refractivity contribution is 9.18. The monoisotopic (exact) mass is 413 g/mol. The van der Waals surface area contributed by atoms with Crippen molar-refractivity contribution in [1.82, 2.24) is 15.1 Å². The van der Waals surface area contributed by atoms with Crippen molar-refractivity contribution in [1.29, 1.82) is 0 Å². The fourth-order valence-electron chi connectivity index (χ4n) is 2.80. The van der Waals surface area contributed by atoms with Gasteiger partial charge in [-0.15, -0.1) is 0 Å². The summed E-state index contributed by atoms with van der Waals surface area (Å²) in [6, 6.07) is 6.63. The summed E-state index contributed by atoms with van der Waals surface area (Å²) in [5, 5.41) is 6.30. The van der Waals surface area contributed by atoms with Crippen LogP contribution < -0.4 is 10.6 Å². The third-order valence-corrected chi connectivity index (χ3v) is 5.06. The van der Waals surface area contributed by atoms with Gasteiger partial charge in [0.05, 0.1) is 10.7 Å². The average Bonchev–Trinajstić information content (AvgIpc) is 2.88. The van der Waals surface area contributed by atoms with Gasteiger partial charge in [-0.25, -0.2) is 9.79 Å². The fraction of sp³-hybridized carbons (Fsp3) is 0.400. The van der Waals surface area contributed by atoms with Crippen LogP contribution in [-0.4, -0.2) is 58.8 Å². The highest BCUT2D eigenvalue weighted by Crippen LogP contribution is 2.26. The van der Waals surface area contributed by atoms with Crippen molar-refractivity contribution in [3.05, 3.63) is 29.3 Å². The van der Waals surface area contributed by atoms with Crippen molar-refractivity contribution in [2.45, 2.75) is 18.6 Å². The maximum atomic E-state index is 12.2. The fourth-order valence-corrected chi connectivity index (χ4v) is 3.61. The number of nitrogens with zero attached hydrogens (tertiary/aromatic N) is 3. The largest absolute Gasteiger partial charge is 0.384 e. The standard InChI is InChI=1S/C15H17BrClN5O2/c1-21-12-11(13(23)20-15(21)24)22(14(16)19-12)8-4-7-18-10-6-3-2-5-9(10)17/h2-3,5-6,11-12,18H,4,7-8H2,1H3,(H,20,23,24). The number of likely N-dealkylation sites (N-methyl/N-ethyl adjacent to an activating group) is 1. The number of imide groups is 1. The third-order valence-electron chi connectivity index (χ3n) is 4.08. The molecule has 2 unspecified atom stereocenters. The van der Waals surface area contributed by atoms with Crippen LogP contribution in [0.4, 0.5) is 10.5 Å². The lowest BCUT2D eigenvalue weighted by molar-refractivity contribution is -0.127. The molecule has 1 aromatic carbocycles. The number of para-hydroxylation sites is 1. The lowest BCUT2D eigenvalue weighted by Gasteiger charge is -2.35. The number of fused-ring (bicyclic) bond motifs is 1. The van der Waals surface area contributed by atoms with Gasteiger partial charge in [-0.05, 0) is 34.5 Å². The number of hydrogen-bond donors (Lipinski definition) is 2. The van der Waals surface area contributed by atoms with Crippen LogP contribution in [0, 0.1) is 0 Å². The highest BCUT2D eigenvalue weighted by atomic mass is 79.9. The zero-order valence-corrected chi connectivity index (χ0v) is 15.3. The summed E-state index contributed by atoms with van der Waals surface area (Å²) >= 11 is 9.50. The van der Waals surface area contributed by atoms with E-state index in [2.05, 4.69) is 31.6 Å². The molecule has 1 fully saturated rings. The normalized spacial score (nSPS) is 23.0. The van der Waals surface area contributed by atoms with Crippen molar-refractivity contribution in [2.24, 2.45) is 4.99 Å². The first kappa shape index (κ1) is 17.0. The number of carbonyl (C=O) groups is 2. The van der Waals surface area contributed by atoms with E-state index in [4.69, 9.17) is 11.6 Å². The Kier molecular flexibility index (Phi) is 4.96. The van der Waals surface area contributed by atoms with Crippen molar-refractivity contribution >= 4 is 49.9 Å². The number of hydrogen-bond acceptors (Lipinski definition) is 5. The van der Waals surface area contributed by atoms with Crippen molar-refractivity contribution < 1.29 is 9.59 Å². The van der Waals surface area contributed by atoms with Gasteiger partial charge in [0.15, 0.2) is 17.0 Å². The predicted octanol–water partition coefficient (Wildman–Crippen LogP) is 2.08. The smallest absolute Gasteiger partial charge is 0.325 e. The van der Waals surface area contributed by atoms with Crippen LogP contribution in [0.5, 0.6) is 0 Å². The van der Waals surface area contributed by atoms with Crippen LogP contribution in [0.1, 0.15) is 6.42 Å². The van der Waals surface area contributed by atoms with E-state index in [1.54, 1.807) is 7.05 Å². The lowest BCUT2D eigenvalue weighted by Crippen LogP contribution is -2.63. The molecule has 7 nitrogen and oxygen atoms in total. The number of halogens is 2. The average molecular weight is 415 g/mol.